The number of anilines is 1. The SMILES string of the molecule is CC1CCC(Nc2nc3ccccn3n2)C1C. The molecule has 3 unspecified atom stereocenters. The molecule has 0 aliphatic heterocycles. The second kappa shape index (κ2) is 4.02. The first-order chi connectivity index (χ1) is 8.24. The van der Waals surface area contributed by atoms with Gasteiger partial charge in [-0.1, -0.05) is 19.9 Å². The summed E-state index contributed by atoms with van der Waals surface area (Å²) in [6.45, 7) is 4.63. The predicted octanol–water partition coefficient (Wildman–Crippen LogP) is 2.58. The van der Waals surface area contributed by atoms with E-state index in [0.29, 0.717) is 12.0 Å². The third-order valence-corrected chi connectivity index (χ3v) is 4.02. The molecule has 0 amide bonds. The molecule has 0 bridgehead atoms. The van der Waals surface area contributed by atoms with E-state index in [0.717, 1.165) is 17.5 Å². The number of aromatic nitrogens is 3. The maximum absolute atomic E-state index is 4.48. The Morgan fingerprint density at radius 1 is 1.29 bits per heavy atom. The van der Waals surface area contributed by atoms with Gasteiger partial charge in [0, 0.05) is 12.2 Å². The fourth-order valence-electron chi connectivity index (χ4n) is 2.63. The molecule has 2 heterocycles. The van der Waals surface area contributed by atoms with Crippen LogP contribution in [0.3, 0.4) is 0 Å². The minimum atomic E-state index is 0.516. The van der Waals surface area contributed by atoms with Gasteiger partial charge in [0.05, 0.1) is 0 Å². The number of fused-ring (bicyclic) bond motifs is 1. The Labute approximate surface area is 101 Å². The summed E-state index contributed by atoms with van der Waals surface area (Å²) in [6, 6.07) is 6.43. The van der Waals surface area contributed by atoms with Crippen LogP contribution >= 0.6 is 0 Å². The largest absolute Gasteiger partial charge is 0.350 e. The van der Waals surface area contributed by atoms with E-state index < -0.39 is 0 Å². The Balaban J connectivity index is 1.81. The maximum atomic E-state index is 4.48. The molecule has 90 valence electrons. The van der Waals surface area contributed by atoms with Gasteiger partial charge in [0.15, 0.2) is 5.65 Å². The third-order valence-electron chi connectivity index (χ3n) is 4.02. The first-order valence-electron chi connectivity index (χ1n) is 6.32. The van der Waals surface area contributed by atoms with Gasteiger partial charge >= 0.3 is 0 Å². The molecule has 17 heavy (non-hydrogen) atoms. The lowest BCUT2D eigenvalue weighted by Crippen LogP contribution is -2.24. The van der Waals surface area contributed by atoms with Crippen LogP contribution in [0, 0.1) is 11.8 Å². The van der Waals surface area contributed by atoms with Crippen molar-refractivity contribution in [3.05, 3.63) is 24.4 Å². The molecule has 1 aliphatic rings. The lowest BCUT2D eigenvalue weighted by molar-refractivity contribution is 0.434. The number of hydrogen-bond donors (Lipinski definition) is 1. The molecular formula is C13H18N4. The Kier molecular flexibility index (Phi) is 2.50. The van der Waals surface area contributed by atoms with Crippen molar-refractivity contribution in [1.82, 2.24) is 14.6 Å². The van der Waals surface area contributed by atoms with E-state index in [-0.39, 0.29) is 0 Å². The summed E-state index contributed by atoms with van der Waals surface area (Å²) < 4.78 is 1.81. The highest BCUT2D eigenvalue weighted by atomic mass is 15.3. The van der Waals surface area contributed by atoms with E-state index in [1.807, 2.05) is 28.9 Å². The van der Waals surface area contributed by atoms with Crippen molar-refractivity contribution >= 4 is 11.6 Å². The van der Waals surface area contributed by atoms with Gasteiger partial charge in [-0.15, -0.1) is 5.10 Å². The molecule has 3 atom stereocenters. The quantitative estimate of drug-likeness (QED) is 0.862. The van der Waals surface area contributed by atoms with Crippen LogP contribution in [-0.2, 0) is 0 Å². The third kappa shape index (κ3) is 1.88. The van der Waals surface area contributed by atoms with Crippen LogP contribution in [0.2, 0.25) is 0 Å². The zero-order chi connectivity index (χ0) is 11.8. The van der Waals surface area contributed by atoms with Crippen molar-refractivity contribution < 1.29 is 0 Å². The average molecular weight is 230 g/mol. The molecule has 1 aliphatic carbocycles. The van der Waals surface area contributed by atoms with E-state index in [2.05, 4.69) is 29.2 Å². The lowest BCUT2D eigenvalue weighted by Gasteiger charge is -2.18. The number of pyridine rings is 1. The number of nitrogens with one attached hydrogen (secondary N) is 1. The first-order valence-corrected chi connectivity index (χ1v) is 6.32. The minimum Gasteiger partial charge on any atom is -0.350 e. The smallest absolute Gasteiger partial charge is 0.243 e. The average Bonchev–Trinajstić information content (AvgIpc) is 2.87. The zero-order valence-electron chi connectivity index (χ0n) is 10.3. The molecule has 2 aromatic rings. The number of rotatable bonds is 2. The van der Waals surface area contributed by atoms with Crippen LogP contribution < -0.4 is 5.32 Å². The van der Waals surface area contributed by atoms with Gasteiger partial charge in [-0.2, -0.15) is 4.98 Å². The van der Waals surface area contributed by atoms with Gasteiger partial charge in [-0.05, 0) is 36.8 Å². The summed E-state index contributed by atoms with van der Waals surface area (Å²) in [6.07, 6.45) is 4.44. The van der Waals surface area contributed by atoms with Crippen molar-refractivity contribution in [3.63, 3.8) is 0 Å². The molecule has 2 aromatic heterocycles. The van der Waals surface area contributed by atoms with Crippen LogP contribution in [0.25, 0.3) is 5.65 Å². The number of hydrogen-bond acceptors (Lipinski definition) is 3. The van der Waals surface area contributed by atoms with Gasteiger partial charge in [0.25, 0.3) is 0 Å². The molecule has 1 saturated carbocycles. The van der Waals surface area contributed by atoms with Crippen molar-refractivity contribution in [1.29, 1.82) is 0 Å². The summed E-state index contributed by atoms with van der Waals surface area (Å²) in [7, 11) is 0. The Morgan fingerprint density at radius 2 is 2.18 bits per heavy atom. The fourth-order valence-corrected chi connectivity index (χ4v) is 2.63. The molecule has 0 radical (unpaired) electrons. The zero-order valence-corrected chi connectivity index (χ0v) is 10.3. The van der Waals surface area contributed by atoms with Gasteiger partial charge in [0.2, 0.25) is 5.95 Å². The molecule has 4 heteroatoms. The summed E-state index contributed by atoms with van der Waals surface area (Å²) >= 11 is 0. The molecule has 1 N–H and O–H groups in total. The monoisotopic (exact) mass is 230 g/mol. The molecule has 0 spiro atoms. The highest BCUT2D eigenvalue weighted by Crippen LogP contribution is 2.32. The van der Waals surface area contributed by atoms with Gasteiger partial charge in [-0.3, -0.25) is 0 Å². The standard InChI is InChI=1S/C13H18N4/c1-9-6-7-11(10(9)2)14-13-15-12-5-3-4-8-17(12)16-13/h3-5,8-11H,6-7H2,1-2H3,(H,14,16). The van der Waals surface area contributed by atoms with Gasteiger partial charge in [-0.25, -0.2) is 4.52 Å². The fraction of sp³-hybridized carbons (Fsp3) is 0.538. The first kappa shape index (κ1) is 10.6. The second-order valence-electron chi connectivity index (χ2n) is 5.10. The van der Waals surface area contributed by atoms with Crippen LogP contribution in [0.15, 0.2) is 24.4 Å². The Bertz CT molecular complexity index is 486. The maximum Gasteiger partial charge on any atom is 0.243 e. The predicted molar refractivity (Wildman–Crippen MR) is 68.0 cm³/mol. The molecule has 3 rings (SSSR count). The summed E-state index contributed by atoms with van der Waals surface area (Å²) in [5, 5.41) is 7.90. The van der Waals surface area contributed by atoms with E-state index in [1.54, 1.807) is 0 Å². The van der Waals surface area contributed by atoms with Gasteiger partial charge in [0.1, 0.15) is 0 Å². The minimum absolute atomic E-state index is 0.516. The van der Waals surface area contributed by atoms with Crippen molar-refractivity contribution in [2.24, 2.45) is 11.8 Å². The van der Waals surface area contributed by atoms with Crippen LogP contribution in [0.4, 0.5) is 5.95 Å². The molecule has 0 saturated heterocycles. The van der Waals surface area contributed by atoms with Crippen molar-refractivity contribution in [2.45, 2.75) is 32.7 Å². The van der Waals surface area contributed by atoms with Crippen LogP contribution in [0.5, 0.6) is 0 Å². The molecular weight excluding hydrogens is 212 g/mol. The lowest BCUT2D eigenvalue weighted by atomic mass is 9.98. The Hall–Kier alpha value is -1.58. The van der Waals surface area contributed by atoms with E-state index in [4.69, 9.17) is 0 Å². The highest BCUT2D eigenvalue weighted by Gasteiger charge is 2.30. The molecule has 4 nitrogen and oxygen atoms in total. The summed E-state index contributed by atoms with van der Waals surface area (Å²) in [5.74, 6) is 2.24. The van der Waals surface area contributed by atoms with Crippen LogP contribution in [0.1, 0.15) is 26.7 Å². The highest BCUT2D eigenvalue weighted by molar-refractivity contribution is 5.43. The summed E-state index contributed by atoms with van der Waals surface area (Å²) in [5.41, 5.74) is 0.897. The van der Waals surface area contributed by atoms with E-state index in [9.17, 15) is 0 Å². The molecule has 1 fully saturated rings. The number of nitrogens with zero attached hydrogens (tertiary/aromatic N) is 3. The Morgan fingerprint density at radius 3 is 2.88 bits per heavy atom. The van der Waals surface area contributed by atoms with E-state index in [1.165, 1.54) is 12.8 Å². The van der Waals surface area contributed by atoms with E-state index >= 15 is 0 Å². The topological polar surface area (TPSA) is 42.2 Å². The summed E-state index contributed by atoms with van der Waals surface area (Å²) in [4.78, 5) is 4.48. The van der Waals surface area contributed by atoms with Gasteiger partial charge < -0.3 is 5.32 Å². The second-order valence-corrected chi connectivity index (χ2v) is 5.10. The van der Waals surface area contributed by atoms with Crippen LogP contribution in [-0.4, -0.2) is 20.6 Å². The normalized spacial score (nSPS) is 28.7. The van der Waals surface area contributed by atoms with Crippen molar-refractivity contribution in [2.75, 3.05) is 5.32 Å². The van der Waals surface area contributed by atoms with Crippen molar-refractivity contribution in [3.8, 4) is 0 Å². The molecule has 0 aromatic carbocycles.